The summed E-state index contributed by atoms with van der Waals surface area (Å²) < 4.78 is 0. The van der Waals surface area contributed by atoms with E-state index < -0.39 is 0 Å². The van der Waals surface area contributed by atoms with Gasteiger partial charge in [0.2, 0.25) is 6.71 Å². The summed E-state index contributed by atoms with van der Waals surface area (Å²) in [6.45, 7) is 4.80. The summed E-state index contributed by atoms with van der Waals surface area (Å²) in [5.41, 5.74) is 13.9. The topological polar surface area (TPSA) is 16.1 Å². The third kappa shape index (κ3) is 3.34. The van der Waals surface area contributed by atoms with E-state index in [1.165, 1.54) is 71.9 Å². The first-order chi connectivity index (χ1) is 21.1. The molecule has 3 heterocycles. The van der Waals surface area contributed by atoms with Gasteiger partial charge in [-0.15, -0.1) is 0 Å². The largest absolute Gasteiger partial charge is 0.309 e. The second-order valence-corrected chi connectivity index (χ2v) is 12.3. The zero-order valence-electron chi connectivity index (χ0n) is 24.3. The molecule has 1 aromatic heterocycles. The van der Waals surface area contributed by atoms with Gasteiger partial charge >= 0.3 is 0 Å². The van der Waals surface area contributed by atoms with Gasteiger partial charge in [0.15, 0.2) is 0 Å². The number of aromatic nitrogens is 1. The van der Waals surface area contributed by atoms with Crippen molar-refractivity contribution in [2.45, 2.75) is 19.3 Å². The van der Waals surface area contributed by atoms with Crippen LogP contribution in [0.4, 0.5) is 17.1 Å². The van der Waals surface area contributed by atoms with E-state index in [-0.39, 0.29) is 12.1 Å². The Labute approximate surface area is 252 Å². The molecule has 0 radical (unpaired) electrons. The van der Waals surface area contributed by atoms with Gasteiger partial charge in [0.1, 0.15) is 0 Å². The van der Waals surface area contributed by atoms with Gasteiger partial charge in [0, 0.05) is 22.4 Å². The zero-order chi connectivity index (χ0) is 28.7. The van der Waals surface area contributed by atoms with Crippen LogP contribution in [-0.2, 0) is 5.41 Å². The summed E-state index contributed by atoms with van der Waals surface area (Å²) in [6, 6.07) is 49.2. The predicted octanol–water partition coefficient (Wildman–Crippen LogP) is 7.99. The Morgan fingerprint density at radius 2 is 1.16 bits per heavy atom. The second-order valence-electron chi connectivity index (χ2n) is 12.3. The van der Waals surface area contributed by atoms with Crippen LogP contribution in [0, 0.1) is 0 Å². The van der Waals surface area contributed by atoms with Crippen LogP contribution in [-0.4, -0.2) is 11.7 Å². The normalized spacial score (nSPS) is 14.4. The van der Waals surface area contributed by atoms with Crippen molar-refractivity contribution in [3.63, 3.8) is 0 Å². The summed E-state index contributed by atoms with van der Waals surface area (Å²) >= 11 is 0. The lowest BCUT2D eigenvalue weighted by molar-refractivity contribution is 0.632. The number of benzene rings is 6. The summed E-state index contributed by atoms with van der Waals surface area (Å²) in [7, 11) is 0. The Balaban J connectivity index is 1.33. The van der Waals surface area contributed by atoms with Crippen molar-refractivity contribution in [3.8, 4) is 11.1 Å². The Hall–Kier alpha value is -5.15. The van der Waals surface area contributed by atoms with Crippen LogP contribution >= 0.6 is 0 Å². The number of pyridine rings is 1. The SMILES string of the molecule is CC1(C)c2ccccc2N(c2ccc(B3c4ccccc4-c4ccnc5cccc3c45)c3ccccc23)c2ccccc21. The summed E-state index contributed by atoms with van der Waals surface area (Å²) in [5, 5.41) is 3.80. The Kier molecular flexibility index (Phi) is 5.08. The highest BCUT2D eigenvalue weighted by Gasteiger charge is 2.38. The molecular formula is C40H29BN2. The second kappa shape index (κ2) is 8.93. The summed E-state index contributed by atoms with van der Waals surface area (Å²) in [6.07, 6.45) is 1.94. The van der Waals surface area contributed by atoms with Crippen molar-refractivity contribution in [1.29, 1.82) is 0 Å². The molecule has 9 rings (SSSR count). The van der Waals surface area contributed by atoms with Gasteiger partial charge in [0.05, 0.1) is 22.6 Å². The number of rotatable bonds is 2. The van der Waals surface area contributed by atoms with E-state index in [9.17, 15) is 0 Å². The van der Waals surface area contributed by atoms with Crippen LogP contribution in [0.1, 0.15) is 25.0 Å². The average molecular weight is 548 g/mol. The van der Waals surface area contributed by atoms with Gasteiger partial charge in [-0.1, -0.05) is 133 Å². The first-order valence-electron chi connectivity index (χ1n) is 15.1. The monoisotopic (exact) mass is 548 g/mol. The van der Waals surface area contributed by atoms with E-state index in [0.29, 0.717) is 0 Å². The highest BCUT2D eigenvalue weighted by Crippen LogP contribution is 2.52. The van der Waals surface area contributed by atoms with Crippen LogP contribution in [0.25, 0.3) is 32.8 Å². The fraction of sp³-hybridized carbons (Fsp3) is 0.0750. The Bertz CT molecular complexity index is 2190. The number of anilines is 3. The van der Waals surface area contributed by atoms with Gasteiger partial charge in [0.25, 0.3) is 0 Å². The third-order valence-corrected chi connectivity index (χ3v) is 9.80. The van der Waals surface area contributed by atoms with Gasteiger partial charge in [-0.05, 0) is 58.0 Å². The van der Waals surface area contributed by atoms with E-state index in [1.54, 1.807) is 0 Å². The van der Waals surface area contributed by atoms with Crippen LogP contribution in [0.15, 0.2) is 140 Å². The third-order valence-electron chi connectivity index (χ3n) is 9.80. The molecule has 2 aliphatic rings. The van der Waals surface area contributed by atoms with Crippen LogP contribution < -0.4 is 21.3 Å². The summed E-state index contributed by atoms with van der Waals surface area (Å²) in [5.74, 6) is 0. The van der Waals surface area contributed by atoms with Crippen LogP contribution in [0.5, 0.6) is 0 Å². The smallest absolute Gasteiger partial charge is 0.243 e. The number of hydrogen-bond acceptors (Lipinski definition) is 2. The van der Waals surface area contributed by atoms with Gasteiger partial charge in [-0.2, -0.15) is 0 Å². The van der Waals surface area contributed by atoms with Crippen LogP contribution in [0.2, 0.25) is 0 Å². The van der Waals surface area contributed by atoms with E-state index in [1.807, 2.05) is 6.20 Å². The lowest BCUT2D eigenvalue weighted by atomic mass is 9.33. The molecular weight excluding hydrogens is 519 g/mol. The number of para-hydroxylation sites is 2. The quantitative estimate of drug-likeness (QED) is 0.204. The van der Waals surface area contributed by atoms with Gasteiger partial charge in [-0.25, -0.2) is 0 Å². The average Bonchev–Trinajstić information content (AvgIpc) is 3.06. The zero-order valence-corrected chi connectivity index (χ0v) is 24.3. The predicted molar refractivity (Wildman–Crippen MR) is 183 cm³/mol. The number of nitrogens with zero attached hydrogens (tertiary/aromatic N) is 2. The maximum atomic E-state index is 4.77. The lowest BCUT2D eigenvalue weighted by Gasteiger charge is -2.42. The van der Waals surface area contributed by atoms with Crippen molar-refractivity contribution < 1.29 is 0 Å². The molecule has 2 aliphatic heterocycles. The van der Waals surface area contributed by atoms with Crippen molar-refractivity contribution in [3.05, 3.63) is 151 Å². The molecule has 6 aromatic carbocycles. The molecule has 0 aliphatic carbocycles. The lowest BCUT2D eigenvalue weighted by Crippen LogP contribution is -2.55. The standard InChI is InChI=1S/C40H29BN2/c1-40(2)30-15-6-9-20-37(30)43(38-21-10-7-16-31(38)40)36-23-22-33(26-12-3-4-14-28(26)36)41-32-17-8-5-13-27(32)29-24-25-42-35-19-11-18-34(41)39(29)35/h3-25H,1-2H3. The molecule has 0 saturated carbocycles. The molecule has 0 N–H and O–H groups in total. The van der Waals surface area contributed by atoms with Gasteiger partial charge < -0.3 is 4.90 Å². The highest BCUT2D eigenvalue weighted by molar-refractivity contribution is 6.99. The molecule has 0 bridgehead atoms. The molecule has 2 nitrogen and oxygen atoms in total. The molecule has 7 aromatic rings. The minimum atomic E-state index is -0.0919. The van der Waals surface area contributed by atoms with E-state index >= 15 is 0 Å². The first-order valence-corrected chi connectivity index (χ1v) is 15.1. The molecule has 202 valence electrons. The fourth-order valence-corrected chi connectivity index (χ4v) is 7.88. The molecule has 0 fully saturated rings. The maximum Gasteiger partial charge on any atom is 0.243 e. The van der Waals surface area contributed by atoms with Gasteiger partial charge in [-0.3, -0.25) is 4.98 Å². The highest BCUT2D eigenvalue weighted by atomic mass is 15.2. The minimum absolute atomic E-state index is 0.0919. The molecule has 43 heavy (non-hydrogen) atoms. The van der Waals surface area contributed by atoms with Crippen molar-refractivity contribution in [2.75, 3.05) is 4.90 Å². The molecule has 3 heteroatoms. The Morgan fingerprint density at radius 1 is 0.512 bits per heavy atom. The molecule has 0 amide bonds. The summed E-state index contributed by atoms with van der Waals surface area (Å²) in [4.78, 5) is 7.25. The fourth-order valence-electron chi connectivity index (χ4n) is 7.88. The number of hydrogen-bond donors (Lipinski definition) is 0. The van der Waals surface area contributed by atoms with Crippen molar-refractivity contribution >= 4 is 61.8 Å². The molecule has 0 atom stereocenters. The van der Waals surface area contributed by atoms with E-state index in [4.69, 9.17) is 4.98 Å². The molecule has 0 spiro atoms. The number of fused-ring (bicyclic) bond motifs is 5. The minimum Gasteiger partial charge on any atom is -0.309 e. The van der Waals surface area contributed by atoms with E-state index in [2.05, 4.69) is 152 Å². The Morgan fingerprint density at radius 3 is 1.95 bits per heavy atom. The molecule has 0 saturated heterocycles. The first kappa shape index (κ1) is 24.5. The van der Waals surface area contributed by atoms with Crippen molar-refractivity contribution in [2.24, 2.45) is 0 Å². The van der Waals surface area contributed by atoms with Crippen molar-refractivity contribution in [1.82, 2.24) is 4.98 Å². The molecule has 0 unspecified atom stereocenters. The van der Waals surface area contributed by atoms with Crippen LogP contribution in [0.3, 0.4) is 0 Å². The van der Waals surface area contributed by atoms with E-state index in [0.717, 1.165) is 5.52 Å². The maximum absolute atomic E-state index is 4.77.